The molecule has 0 aliphatic rings. The van der Waals surface area contributed by atoms with E-state index in [1.807, 2.05) is 0 Å². The van der Waals surface area contributed by atoms with Gasteiger partial charge < -0.3 is 4.98 Å². The molecule has 0 aliphatic heterocycles. The van der Waals surface area contributed by atoms with Gasteiger partial charge in [0.05, 0.1) is 11.3 Å². The molecule has 1 aromatic heterocycles. The summed E-state index contributed by atoms with van der Waals surface area (Å²) in [5, 5.41) is 0. The van der Waals surface area contributed by atoms with Gasteiger partial charge in [0.1, 0.15) is 5.69 Å². The van der Waals surface area contributed by atoms with Crippen LogP contribution in [0, 0.1) is 0 Å². The Kier molecular flexibility index (Phi) is 3.52. The van der Waals surface area contributed by atoms with E-state index in [9.17, 15) is 31.1 Å². The third-order valence-corrected chi connectivity index (χ3v) is 2.56. The first-order valence-corrected chi connectivity index (χ1v) is 5.44. The summed E-state index contributed by atoms with van der Waals surface area (Å²) >= 11 is 0. The molecule has 0 radical (unpaired) electrons. The summed E-state index contributed by atoms with van der Waals surface area (Å²) in [7, 11) is 0. The van der Waals surface area contributed by atoms with Crippen LogP contribution in [0.2, 0.25) is 0 Å². The van der Waals surface area contributed by atoms with Gasteiger partial charge in [-0.3, -0.25) is 0 Å². The number of nitrogens with one attached hydrogen (secondary N) is 1. The van der Waals surface area contributed by atoms with Gasteiger partial charge in [0.15, 0.2) is 0 Å². The van der Waals surface area contributed by atoms with Crippen molar-refractivity contribution >= 4 is 0 Å². The van der Waals surface area contributed by atoms with Crippen LogP contribution in [0.15, 0.2) is 35.1 Å². The Balaban J connectivity index is 2.69. The summed E-state index contributed by atoms with van der Waals surface area (Å²) in [6, 6.07) is 4.31. The monoisotopic (exact) mass is 308 g/mol. The summed E-state index contributed by atoms with van der Waals surface area (Å²) < 4.78 is 76.2. The summed E-state index contributed by atoms with van der Waals surface area (Å²) in [6.07, 6.45) is -9.68. The van der Waals surface area contributed by atoms with Crippen LogP contribution >= 0.6 is 0 Å². The number of benzene rings is 1. The van der Waals surface area contributed by atoms with E-state index in [4.69, 9.17) is 0 Å². The molecule has 21 heavy (non-hydrogen) atoms. The number of nitrogens with zero attached hydrogens (tertiary/aromatic N) is 1. The van der Waals surface area contributed by atoms with Gasteiger partial charge in [-0.15, -0.1) is 0 Å². The van der Waals surface area contributed by atoms with E-state index in [0.717, 1.165) is 12.1 Å². The van der Waals surface area contributed by atoms with Gasteiger partial charge in [0.25, 0.3) is 0 Å². The lowest BCUT2D eigenvalue weighted by atomic mass is 10.0. The Bertz CT molecular complexity index is 717. The van der Waals surface area contributed by atoms with Crippen molar-refractivity contribution in [1.82, 2.24) is 9.97 Å². The Labute approximate surface area is 113 Å². The number of hydrogen-bond donors (Lipinski definition) is 1. The third kappa shape index (κ3) is 3.23. The van der Waals surface area contributed by atoms with Crippen LogP contribution in [-0.4, -0.2) is 9.97 Å². The predicted molar refractivity (Wildman–Crippen MR) is 60.3 cm³/mol. The molecular formula is C12H6F6N2O. The summed E-state index contributed by atoms with van der Waals surface area (Å²) in [5.41, 5.74) is -5.30. The molecule has 1 N–H and O–H groups in total. The lowest BCUT2D eigenvalue weighted by Gasteiger charge is -2.13. The number of H-pyrrole nitrogens is 1. The van der Waals surface area contributed by atoms with E-state index in [1.165, 1.54) is 11.1 Å². The fraction of sp³-hybridized carbons (Fsp3) is 0.167. The zero-order valence-corrected chi connectivity index (χ0v) is 10.0. The molecule has 9 heteroatoms. The minimum Gasteiger partial charge on any atom is -0.302 e. The van der Waals surface area contributed by atoms with Gasteiger partial charge in [-0.1, -0.05) is 18.2 Å². The van der Waals surface area contributed by atoms with Gasteiger partial charge in [0.2, 0.25) is 0 Å². The van der Waals surface area contributed by atoms with Crippen LogP contribution in [0.3, 0.4) is 0 Å². The molecule has 0 bridgehead atoms. The Morgan fingerprint density at radius 2 is 1.57 bits per heavy atom. The van der Waals surface area contributed by atoms with Crippen molar-refractivity contribution in [2.45, 2.75) is 12.4 Å². The molecule has 0 amide bonds. The molecular weight excluding hydrogens is 302 g/mol. The highest BCUT2D eigenvalue weighted by atomic mass is 19.4. The second kappa shape index (κ2) is 4.90. The zero-order chi connectivity index (χ0) is 15.8. The largest absolute Gasteiger partial charge is 0.431 e. The number of aromatic amines is 1. The molecule has 3 nitrogen and oxygen atoms in total. The Morgan fingerprint density at radius 1 is 0.952 bits per heavy atom. The van der Waals surface area contributed by atoms with Gasteiger partial charge in [-0.05, 0) is 12.1 Å². The Morgan fingerprint density at radius 3 is 2.14 bits per heavy atom. The highest BCUT2D eigenvalue weighted by Crippen LogP contribution is 2.37. The molecule has 112 valence electrons. The molecule has 0 spiro atoms. The minimum atomic E-state index is -4.90. The van der Waals surface area contributed by atoms with Crippen LogP contribution in [0.4, 0.5) is 26.3 Å². The Hall–Kier alpha value is -2.32. The molecule has 0 saturated carbocycles. The van der Waals surface area contributed by atoms with Crippen molar-refractivity contribution in [2.24, 2.45) is 0 Å². The molecule has 0 unspecified atom stereocenters. The van der Waals surface area contributed by atoms with Gasteiger partial charge in [-0.2, -0.15) is 31.3 Å². The van der Waals surface area contributed by atoms with Crippen LogP contribution in [-0.2, 0) is 12.4 Å². The fourth-order valence-electron chi connectivity index (χ4n) is 1.70. The molecule has 0 fully saturated rings. The maximum Gasteiger partial charge on any atom is 0.431 e. The fourth-order valence-corrected chi connectivity index (χ4v) is 1.70. The van der Waals surface area contributed by atoms with E-state index in [-0.39, 0.29) is 0 Å². The standard InChI is InChI=1S/C12H6F6N2O/c13-11(14,15)7-4-2-1-3-6(7)8-5-9(12(16,17)18)20-10(21)19-8/h1-5H,(H,19,20,21). The average molecular weight is 308 g/mol. The van der Waals surface area contributed by atoms with Gasteiger partial charge >= 0.3 is 18.0 Å². The lowest BCUT2D eigenvalue weighted by Crippen LogP contribution is -2.20. The maximum atomic E-state index is 12.8. The van der Waals surface area contributed by atoms with Crippen molar-refractivity contribution in [3.63, 3.8) is 0 Å². The van der Waals surface area contributed by atoms with E-state index >= 15 is 0 Å². The minimum absolute atomic E-state index is 0.367. The molecule has 1 aromatic carbocycles. The first-order valence-electron chi connectivity index (χ1n) is 5.44. The first-order chi connectivity index (χ1) is 9.59. The van der Waals surface area contributed by atoms with Crippen LogP contribution < -0.4 is 5.69 Å². The molecule has 0 saturated heterocycles. The van der Waals surface area contributed by atoms with Crippen molar-refractivity contribution in [2.75, 3.05) is 0 Å². The van der Waals surface area contributed by atoms with E-state index < -0.39 is 40.6 Å². The molecule has 0 atom stereocenters. The molecule has 1 heterocycles. The summed E-state index contributed by atoms with van der Waals surface area (Å²) in [5.74, 6) is 0. The molecule has 0 aliphatic carbocycles. The molecule has 2 aromatic rings. The van der Waals surface area contributed by atoms with Crippen molar-refractivity contribution < 1.29 is 26.3 Å². The highest BCUT2D eigenvalue weighted by Gasteiger charge is 2.36. The quantitative estimate of drug-likeness (QED) is 0.820. The number of halogens is 6. The molecule has 2 rings (SSSR count). The predicted octanol–water partition coefficient (Wildman–Crippen LogP) is 3.47. The second-order valence-corrected chi connectivity index (χ2v) is 4.03. The third-order valence-electron chi connectivity index (χ3n) is 2.56. The van der Waals surface area contributed by atoms with Crippen molar-refractivity contribution in [3.8, 4) is 11.3 Å². The van der Waals surface area contributed by atoms with E-state index in [1.54, 1.807) is 0 Å². The zero-order valence-electron chi connectivity index (χ0n) is 10.0. The highest BCUT2D eigenvalue weighted by molar-refractivity contribution is 5.64. The van der Waals surface area contributed by atoms with Gasteiger partial charge in [0, 0.05) is 5.56 Å². The van der Waals surface area contributed by atoms with Crippen molar-refractivity contribution in [1.29, 1.82) is 0 Å². The van der Waals surface area contributed by atoms with Crippen molar-refractivity contribution in [3.05, 3.63) is 52.1 Å². The maximum absolute atomic E-state index is 12.8. The van der Waals surface area contributed by atoms with Crippen LogP contribution in [0.1, 0.15) is 11.3 Å². The second-order valence-electron chi connectivity index (χ2n) is 4.03. The van der Waals surface area contributed by atoms with E-state index in [0.29, 0.717) is 12.1 Å². The normalized spacial score (nSPS) is 12.5. The van der Waals surface area contributed by atoms with Gasteiger partial charge in [-0.25, -0.2) is 4.79 Å². The number of alkyl halides is 6. The van der Waals surface area contributed by atoms with Crippen LogP contribution in [0.5, 0.6) is 0 Å². The topological polar surface area (TPSA) is 45.8 Å². The SMILES string of the molecule is O=c1nc(-c2ccccc2C(F)(F)F)cc(C(F)(F)F)[nH]1. The van der Waals surface area contributed by atoms with Crippen LogP contribution in [0.25, 0.3) is 11.3 Å². The first kappa shape index (κ1) is 15.1. The number of hydrogen-bond acceptors (Lipinski definition) is 2. The number of aromatic nitrogens is 2. The summed E-state index contributed by atoms with van der Waals surface area (Å²) in [4.78, 5) is 15.8. The summed E-state index contributed by atoms with van der Waals surface area (Å²) in [6.45, 7) is 0. The number of rotatable bonds is 1. The van der Waals surface area contributed by atoms with E-state index in [2.05, 4.69) is 4.98 Å². The lowest BCUT2D eigenvalue weighted by molar-refractivity contribution is -0.141. The smallest absolute Gasteiger partial charge is 0.302 e. The average Bonchev–Trinajstić information content (AvgIpc) is 2.36.